The van der Waals surface area contributed by atoms with Gasteiger partial charge in [-0.25, -0.2) is 17.2 Å². The summed E-state index contributed by atoms with van der Waals surface area (Å²) in [5.74, 6) is -8.99. The number of hydrogen-bond donors (Lipinski definition) is 0. The van der Waals surface area contributed by atoms with Crippen LogP contribution in [0.25, 0.3) is 0 Å². The van der Waals surface area contributed by atoms with Crippen LogP contribution in [0.2, 0.25) is 0 Å². The molecule has 0 aliphatic heterocycles. The molecule has 0 bridgehead atoms. The molecule has 0 amide bonds. The smallest absolute Gasteiger partial charge is 0.249 e. The van der Waals surface area contributed by atoms with Gasteiger partial charge in [-0.15, -0.1) is 0 Å². The van der Waals surface area contributed by atoms with Crippen LogP contribution in [-0.2, 0) is 10.0 Å². The van der Waals surface area contributed by atoms with Crippen LogP contribution in [0.5, 0.6) is 5.75 Å². The predicted molar refractivity (Wildman–Crippen MR) is 79.3 cm³/mol. The Bertz CT molecular complexity index is 687. The lowest BCUT2D eigenvalue weighted by Crippen LogP contribution is -2.38. The first-order valence-electron chi connectivity index (χ1n) is 7.61. The summed E-state index contributed by atoms with van der Waals surface area (Å²) in [6, 6.07) is -0.468. The molecule has 9 heteroatoms. The summed E-state index contributed by atoms with van der Waals surface area (Å²) in [6.45, 7) is 0. The molecule has 1 aliphatic rings. The quantitative estimate of drug-likeness (QED) is 0.463. The van der Waals surface area contributed by atoms with Crippen LogP contribution in [0.3, 0.4) is 0 Å². The standard InChI is InChI=1S/C15H19F4NO3S/c1-20(9-7-5-3-4-6-8-9)24(21,22)15-12(18)10(16)14(23-2)11(17)13(15)19/h9H,3-8H2,1-2H3. The van der Waals surface area contributed by atoms with Gasteiger partial charge in [0.05, 0.1) is 7.11 Å². The zero-order valence-electron chi connectivity index (χ0n) is 13.4. The summed E-state index contributed by atoms with van der Waals surface area (Å²) >= 11 is 0. The van der Waals surface area contributed by atoms with Crippen molar-refractivity contribution in [1.82, 2.24) is 4.31 Å². The summed E-state index contributed by atoms with van der Waals surface area (Å²) in [7, 11) is -2.74. The Morgan fingerprint density at radius 2 is 1.38 bits per heavy atom. The lowest BCUT2D eigenvalue weighted by molar-refractivity contribution is 0.311. The summed E-state index contributed by atoms with van der Waals surface area (Å²) in [4.78, 5) is -1.62. The number of rotatable bonds is 4. The molecule has 0 aromatic heterocycles. The second kappa shape index (κ2) is 7.26. The van der Waals surface area contributed by atoms with E-state index in [2.05, 4.69) is 4.74 Å². The summed E-state index contributed by atoms with van der Waals surface area (Å²) in [5.41, 5.74) is 0. The zero-order chi connectivity index (χ0) is 18.1. The van der Waals surface area contributed by atoms with E-state index >= 15 is 0 Å². The highest BCUT2D eigenvalue weighted by Crippen LogP contribution is 2.35. The maximum atomic E-state index is 14.1. The highest BCUT2D eigenvalue weighted by atomic mass is 32.2. The maximum absolute atomic E-state index is 14.1. The van der Waals surface area contributed by atoms with Crippen molar-refractivity contribution in [3.8, 4) is 5.75 Å². The fourth-order valence-corrected chi connectivity index (χ4v) is 4.48. The van der Waals surface area contributed by atoms with Crippen molar-refractivity contribution in [2.24, 2.45) is 0 Å². The Morgan fingerprint density at radius 3 is 1.79 bits per heavy atom. The Labute approximate surface area is 138 Å². The first-order chi connectivity index (χ1) is 11.2. The number of sulfonamides is 1. The minimum absolute atomic E-state index is 0.468. The van der Waals surface area contributed by atoms with E-state index in [1.54, 1.807) is 0 Å². The minimum atomic E-state index is -4.74. The van der Waals surface area contributed by atoms with Crippen molar-refractivity contribution in [1.29, 1.82) is 0 Å². The normalized spacial score (nSPS) is 17.1. The first-order valence-corrected chi connectivity index (χ1v) is 9.05. The molecule has 0 radical (unpaired) electrons. The molecular weight excluding hydrogens is 350 g/mol. The lowest BCUT2D eigenvalue weighted by Gasteiger charge is -2.27. The minimum Gasteiger partial charge on any atom is -0.491 e. The highest BCUT2D eigenvalue weighted by molar-refractivity contribution is 7.89. The fourth-order valence-electron chi connectivity index (χ4n) is 2.96. The molecule has 1 aromatic carbocycles. The van der Waals surface area contributed by atoms with E-state index in [1.807, 2.05) is 0 Å². The van der Waals surface area contributed by atoms with E-state index in [1.165, 1.54) is 7.05 Å². The van der Waals surface area contributed by atoms with Crippen molar-refractivity contribution >= 4 is 10.0 Å². The summed E-state index contributed by atoms with van der Waals surface area (Å²) in [6.07, 6.45) is 4.50. The Balaban J connectivity index is 2.53. The number of benzene rings is 1. The average molecular weight is 369 g/mol. The second-order valence-corrected chi connectivity index (χ2v) is 7.72. The number of halogens is 4. The van der Waals surface area contributed by atoms with E-state index in [-0.39, 0.29) is 0 Å². The molecule has 1 fully saturated rings. The molecule has 0 N–H and O–H groups in total. The largest absolute Gasteiger partial charge is 0.491 e. The molecule has 0 saturated heterocycles. The van der Waals surface area contributed by atoms with E-state index in [9.17, 15) is 26.0 Å². The van der Waals surface area contributed by atoms with Crippen LogP contribution in [0.1, 0.15) is 38.5 Å². The Kier molecular flexibility index (Phi) is 5.74. The molecular formula is C15H19F4NO3S. The van der Waals surface area contributed by atoms with E-state index < -0.39 is 50.0 Å². The van der Waals surface area contributed by atoms with Crippen LogP contribution in [0.4, 0.5) is 17.6 Å². The molecule has 0 heterocycles. The van der Waals surface area contributed by atoms with Gasteiger partial charge in [0, 0.05) is 13.1 Å². The van der Waals surface area contributed by atoms with Crippen molar-refractivity contribution in [2.75, 3.05) is 14.2 Å². The average Bonchev–Trinajstić information content (AvgIpc) is 2.82. The third kappa shape index (κ3) is 3.23. The molecule has 0 unspecified atom stereocenters. The predicted octanol–water partition coefficient (Wildman–Crippen LogP) is 3.59. The number of methoxy groups -OCH3 is 1. The van der Waals surface area contributed by atoms with Gasteiger partial charge in [-0.05, 0) is 12.8 Å². The third-order valence-corrected chi connectivity index (χ3v) is 6.29. The van der Waals surface area contributed by atoms with Crippen molar-refractivity contribution < 1.29 is 30.7 Å². The number of nitrogens with zero attached hydrogens (tertiary/aromatic N) is 1. The maximum Gasteiger partial charge on any atom is 0.249 e. The molecule has 24 heavy (non-hydrogen) atoms. The topological polar surface area (TPSA) is 46.6 Å². The van der Waals surface area contributed by atoms with Gasteiger partial charge >= 0.3 is 0 Å². The van der Waals surface area contributed by atoms with Crippen LogP contribution in [0.15, 0.2) is 4.90 Å². The summed E-state index contributed by atoms with van der Waals surface area (Å²) in [5, 5.41) is 0. The molecule has 136 valence electrons. The summed E-state index contributed by atoms with van der Waals surface area (Å²) < 4.78 is 86.1. The lowest BCUT2D eigenvalue weighted by atomic mass is 10.1. The van der Waals surface area contributed by atoms with E-state index in [4.69, 9.17) is 0 Å². The van der Waals surface area contributed by atoms with Gasteiger partial charge in [-0.1, -0.05) is 25.7 Å². The third-order valence-electron chi connectivity index (χ3n) is 4.36. The van der Waals surface area contributed by atoms with Crippen LogP contribution >= 0.6 is 0 Å². The monoisotopic (exact) mass is 369 g/mol. The zero-order valence-corrected chi connectivity index (χ0v) is 14.2. The highest BCUT2D eigenvalue weighted by Gasteiger charge is 2.38. The SMILES string of the molecule is COc1c(F)c(F)c(S(=O)(=O)N(C)C2CCCCCC2)c(F)c1F. The Morgan fingerprint density at radius 1 is 0.917 bits per heavy atom. The second-order valence-electron chi connectivity index (χ2n) is 5.78. The van der Waals surface area contributed by atoms with Crippen molar-refractivity contribution in [3.05, 3.63) is 23.3 Å². The van der Waals surface area contributed by atoms with Crippen molar-refractivity contribution in [3.63, 3.8) is 0 Å². The van der Waals surface area contributed by atoms with Gasteiger partial charge in [0.25, 0.3) is 0 Å². The molecule has 1 aliphatic carbocycles. The molecule has 2 rings (SSSR count). The van der Waals surface area contributed by atoms with Gasteiger partial charge in [0.2, 0.25) is 21.7 Å². The first kappa shape index (κ1) is 19.0. The van der Waals surface area contributed by atoms with Crippen LogP contribution < -0.4 is 4.74 Å². The van der Waals surface area contributed by atoms with Gasteiger partial charge in [-0.3, -0.25) is 0 Å². The van der Waals surface area contributed by atoms with Gasteiger partial charge in [-0.2, -0.15) is 13.1 Å². The number of ether oxygens (including phenoxy) is 1. The van der Waals surface area contributed by atoms with E-state index in [0.29, 0.717) is 12.8 Å². The molecule has 0 atom stereocenters. The molecule has 4 nitrogen and oxygen atoms in total. The van der Waals surface area contributed by atoms with Crippen LogP contribution in [0, 0.1) is 23.3 Å². The van der Waals surface area contributed by atoms with Crippen LogP contribution in [-0.4, -0.2) is 32.9 Å². The van der Waals surface area contributed by atoms with Gasteiger partial charge < -0.3 is 4.74 Å². The Hall–Kier alpha value is -1.35. The number of hydrogen-bond acceptors (Lipinski definition) is 3. The molecule has 1 aromatic rings. The molecule has 0 spiro atoms. The van der Waals surface area contributed by atoms with Gasteiger partial charge in [0.1, 0.15) is 0 Å². The molecule has 1 saturated carbocycles. The fraction of sp³-hybridized carbons (Fsp3) is 0.600. The van der Waals surface area contributed by atoms with E-state index in [0.717, 1.165) is 37.1 Å². The van der Waals surface area contributed by atoms with Crippen molar-refractivity contribution in [2.45, 2.75) is 49.5 Å². The van der Waals surface area contributed by atoms with Gasteiger partial charge in [0.15, 0.2) is 22.3 Å².